The largest absolute Gasteiger partial charge is 0.508 e. The number of rotatable bonds is 33. The second-order valence-electron chi connectivity index (χ2n) is 18.7. The van der Waals surface area contributed by atoms with Crippen molar-refractivity contribution in [2.75, 3.05) is 70.5 Å². The molecule has 3 aromatic rings. The van der Waals surface area contributed by atoms with Crippen LogP contribution in [0, 0.1) is 33.1 Å². The van der Waals surface area contributed by atoms with Crippen molar-refractivity contribution in [3.05, 3.63) is 98.1 Å². The zero-order chi connectivity index (χ0) is 63.1. The van der Waals surface area contributed by atoms with Gasteiger partial charge in [0.05, 0.1) is 35.5 Å². The van der Waals surface area contributed by atoms with Crippen LogP contribution in [0.2, 0.25) is 0 Å². The van der Waals surface area contributed by atoms with E-state index in [0.29, 0.717) is 50.0 Å². The third-order valence-corrected chi connectivity index (χ3v) is 11.6. The van der Waals surface area contributed by atoms with Crippen LogP contribution in [0.5, 0.6) is 5.75 Å². The molecule has 7 amide bonds. The summed E-state index contributed by atoms with van der Waals surface area (Å²) in [7, 11) is 3.78. The summed E-state index contributed by atoms with van der Waals surface area (Å²) >= 11 is 0. The topological polar surface area (TPSA) is 429 Å². The molecule has 0 bridgehead atoms. The molecule has 3 aromatic carbocycles. The van der Waals surface area contributed by atoms with Gasteiger partial charge in [-0.25, -0.2) is 0 Å². The highest BCUT2D eigenvalue weighted by molar-refractivity contribution is 5.94. The van der Waals surface area contributed by atoms with Crippen molar-refractivity contribution in [2.45, 2.75) is 130 Å². The lowest BCUT2D eigenvalue weighted by Crippen LogP contribution is -2.54. The fourth-order valence-electron chi connectivity index (χ4n) is 6.79. The number of non-ortho nitro benzene ring substituents is 1. The van der Waals surface area contributed by atoms with E-state index in [0.717, 1.165) is 30.7 Å². The van der Waals surface area contributed by atoms with Gasteiger partial charge in [0.15, 0.2) is 6.29 Å². The third-order valence-electron chi connectivity index (χ3n) is 11.6. The van der Waals surface area contributed by atoms with Gasteiger partial charge >= 0.3 is 0 Å². The molecule has 0 heterocycles. The van der Waals surface area contributed by atoms with Crippen LogP contribution in [-0.4, -0.2) is 141 Å². The summed E-state index contributed by atoms with van der Waals surface area (Å²) < 4.78 is 0. The lowest BCUT2D eigenvalue weighted by atomic mass is 9.98. The van der Waals surface area contributed by atoms with Gasteiger partial charge < -0.3 is 70.2 Å². The molecule has 27 nitrogen and oxygen atoms in total. The molecule has 3 rings (SSSR count). The number of nitro groups is 2. The molecular weight excluding hydrogens is 1080 g/mol. The number of unbranched alkanes of at least 4 members (excludes halogenated alkanes) is 3. The van der Waals surface area contributed by atoms with E-state index in [1.165, 1.54) is 30.9 Å². The Bertz CT molecular complexity index is 2390. The monoisotopic (exact) mass is 1170 g/mol. The fourth-order valence-corrected chi connectivity index (χ4v) is 6.79. The zero-order valence-electron chi connectivity index (χ0n) is 49.4. The number of benzene rings is 3. The van der Waals surface area contributed by atoms with E-state index >= 15 is 0 Å². The number of para-hydroxylation sites is 1. The molecule has 0 aliphatic heterocycles. The summed E-state index contributed by atoms with van der Waals surface area (Å²) in [5.74, 6) is -4.70. The van der Waals surface area contributed by atoms with Gasteiger partial charge in [0.2, 0.25) is 41.4 Å². The molecule has 464 valence electrons. The van der Waals surface area contributed by atoms with Crippen LogP contribution >= 0.6 is 0 Å². The number of aromatic hydroxyl groups is 1. The molecule has 4 unspecified atom stereocenters. The standard InChI is InChI=1S/C33H54N12O11.C8H9NO.C7H8O.C5H13N.C3H8/c1-3-20(2)30(31(36)50)43-29(49)19-40-32(51)23(8-4-5-13-34)42-28(48)18-39-33(52)24(41-27(47)17-35)11-12-26(46)38-15-7-6-14-37-22-10-9-21(44(53)54)16-25(22)45(55)56;1-9-8-5-3-2-4-7(8)6-10;1-6-2-4-7(8)5-3-6;1-3-4-5-6-2;1-3-2/h9-10,16,20,23-24,30,37H,3-8,11-15,17-19,34-35H2,1-2H3,(H2,36,50)(H,38,46)(H,39,52)(H,40,51)(H,41,47)(H,42,48)(H,43,49);2-6,9H,1H3;2-5,8H,1H3;6H,3-5H2,1-2H3;3H2,1-2H3. The predicted octanol–water partition coefficient (Wildman–Crippen LogP) is 3.56. The van der Waals surface area contributed by atoms with Crippen molar-refractivity contribution in [2.24, 2.45) is 23.1 Å². The Balaban J connectivity index is 0. The molecule has 27 heteroatoms. The molecule has 16 N–H and O–H groups in total. The van der Waals surface area contributed by atoms with Crippen LogP contribution < -0.4 is 65.1 Å². The number of hydrogen-bond donors (Lipinski definition) is 13. The number of nitrogens with zero attached hydrogens (tertiary/aromatic N) is 2. The quantitative estimate of drug-likeness (QED) is 0.0179. The first-order valence-electron chi connectivity index (χ1n) is 27.7. The average molecular weight is 1170 g/mol. The molecule has 0 aliphatic rings. The second-order valence-corrected chi connectivity index (χ2v) is 18.7. The lowest BCUT2D eigenvalue weighted by molar-refractivity contribution is -0.393. The molecule has 0 aromatic heterocycles. The molecule has 0 spiro atoms. The highest BCUT2D eigenvalue weighted by atomic mass is 16.6. The van der Waals surface area contributed by atoms with E-state index in [9.17, 15) is 58.6 Å². The van der Waals surface area contributed by atoms with Gasteiger partial charge in [0.25, 0.3) is 11.4 Å². The van der Waals surface area contributed by atoms with Crippen molar-refractivity contribution in [1.82, 2.24) is 37.2 Å². The summed E-state index contributed by atoms with van der Waals surface area (Å²) in [6.45, 7) is 12.4. The maximum absolute atomic E-state index is 13.0. The minimum atomic E-state index is -1.24. The Morgan fingerprint density at radius 2 is 1.25 bits per heavy atom. The van der Waals surface area contributed by atoms with E-state index in [-0.39, 0.29) is 44.0 Å². The SMILES string of the molecule is CCC.CCC(C)C(NC(=O)CNC(=O)C(CCCCN)NC(=O)CNC(=O)C(CCC(=O)NCCCCNc1ccc([N+](=O)[O-])cc1[N+](=O)[O-])NC(=O)CN)C(N)=O.CCCCNC.CNc1ccccc1C=O.Cc1ccc(O)cc1. The number of aryl methyl sites for hydroxylation is 1. The molecular formula is C56H92N14O13. The van der Waals surface area contributed by atoms with Gasteiger partial charge in [-0.05, 0) is 108 Å². The predicted molar refractivity (Wildman–Crippen MR) is 321 cm³/mol. The van der Waals surface area contributed by atoms with Gasteiger partial charge in [-0.1, -0.05) is 83.7 Å². The molecule has 0 fully saturated rings. The van der Waals surface area contributed by atoms with Crippen LogP contribution in [-0.2, 0) is 33.6 Å². The van der Waals surface area contributed by atoms with Crippen LogP contribution in [0.4, 0.5) is 22.7 Å². The first kappa shape index (κ1) is 76.8. The Morgan fingerprint density at radius 3 is 1.73 bits per heavy atom. The van der Waals surface area contributed by atoms with Crippen LogP contribution in [0.25, 0.3) is 0 Å². The van der Waals surface area contributed by atoms with Gasteiger partial charge in [-0.3, -0.25) is 58.6 Å². The number of nitro benzene ring substituents is 2. The van der Waals surface area contributed by atoms with Crippen molar-refractivity contribution < 1.29 is 53.3 Å². The number of primary amides is 1. The number of nitrogens with two attached hydrogens (primary N) is 3. The van der Waals surface area contributed by atoms with Crippen LogP contribution in [0.3, 0.4) is 0 Å². The van der Waals surface area contributed by atoms with Gasteiger partial charge in [-0.2, -0.15) is 0 Å². The fraction of sp³-hybridized carbons (Fsp3) is 0.536. The number of anilines is 2. The number of phenols is 1. The molecule has 0 aliphatic carbocycles. The van der Waals surface area contributed by atoms with Crippen molar-refractivity contribution in [3.8, 4) is 5.75 Å². The highest BCUT2D eigenvalue weighted by Crippen LogP contribution is 2.29. The Morgan fingerprint density at radius 1 is 0.675 bits per heavy atom. The maximum atomic E-state index is 13.0. The van der Waals surface area contributed by atoms with Crippen LogP contribution in [0.1, 0.15) is 121 Å². The van der Waals surface area contributed by atoms with E-state index in [1.54, 1.807) is 32.2 Å². The molecule has 0 saturated carbocycles. The Kier molecular flexibility index (Phi) is 43.8. The lowest BCUT2D eigenvalue weighted by Gasteiger charge is -2.22. The van der Waals surface area contributed by atoms with Crippen LogP contribution in [0.15, 0.2) is 66.7 Å². The number of hydrogen-bond acceptors (Lipinski definition) is 18. The Hall–Kier alpha value is -8.30. The summed E-state index contributed by atoms with van der Waals surface area (Å²) in [4.78, 5) is 118. The van der Waals surface area contributed by atoms with Gasteiger partial charge in [0.1, 0.15) is 29.6 Å². The van der Waals surface area contributed by atoms with E-state index in [2.05, 4.69) is 68.6 Å². The average Bonchev–Trinajstić information content (AvgIpc) is 3.49. The van der Waals surface area contributed by atoms with Crippen molar-refractivity contribution >= 4 is 70.4 Å². The number of aldehydes is 1. The molecule has 0 radical (unpaired) electrons. The maximum Gasteiger partial charge on any atom is 0.299 e. The smallest absolute Gasteiger partial charge is 0.299 e. The summed E-state index contributed by atoms with van der Waals surface area (Å²) in [5.41, 5.74) is 18.3. The molecule has 83 heavy (non-hydrogen) atoms. The zero-order valence-corrected chi connectivity index (χ0v) is 49.4. The summed E-state index contributed by atoms with van der Waals surface area (Å²) in [6.07, 6.45) is 6.96. The van der Waals surface area contributed by atoms with Gasteiger partial charge in [0, 0.05) is 43.9 Å². The normalized spacial score (nSPS) is 11.4. The first-order chi connectivity index (χ1) is 39.5. The molecule has 4 atom stereocenters. The summed E-state index contributed by atoms with van der Waals surface area (Å²) in [6, 6.07) is 14.4. The van der Waals surface area contributed by atoms with Crippen molar-refractivity contribution in [1.29, 1.82) is 0 Å². The Labute approximate surface area is 487 Å². The van der Waals surface area contributed by atoms with Gasteiger partial charge in [-0.15, -0.1) is 0 Å². The second kappa shape index (κ2) is 47.4. The van der Waals surface area contributed by atoms with E-state index in [4.69, 9.17) is 22.3 Å². The number of phenolic OH excluding ortho intramolecular Hbond substituents is 1. The van der Waals surface area contributed by atoms with E-state index < -0.39 is 100 Å². The summed E-state index contributed by atoms with van der Waals surface area (Å²) in [5, 5.41) is 54.6. The third kappa shape index (κ3) is 36.6. The number of nitrogens with one attached hydrogen (secondary N) is 9. The molecule has 0 saturated heterocycles. The number of carbonyl (C=O) groups excluding carboxylic acids is 8. The number of amides is 7. The van der Waals surface area contributed by atoms with Crippen molar-refractivity contribution in [3.63, 3.8) is 0 Å². The minimum absolute atomic E-state index is 0.106. The highest BCUT2D eigenvalue weighted by Gasteiger charge is 2.27. The van der Waals surface area contributed by atoms with E-state index in [1.807, 2.05) is 51.2 Å². The first-order valence-corrected chi connectivity index (χ1v) is 27.7. The minimum Gasteiger partial charge on any atom is -0.508 e. The number of carbonyl (C=O) groups is 8.